The van der Waals surface area contributed by atoms with Gasteiger partial charge in [0.25, 0.3) is 0 Å². The average molecular weight is 204 g/mol. The largest absolute Gasteiger partial charge is 0.300 e. The second-order valence-electron chi connectivity index (χ2n) is 3.73. The second-order valence-corrected chi connectivity index (χ2v) is 3.73. The van der Waals surface area contributed by atoms with E-state index in [2.05, 4.69) is 0 Å². The van der Waals surface area contributed by atoms with Crippen molar-refractivity contribution in [3.05, 3.63) is 35.9 Å². The van der Waals surface area contributed by atoms with Crippen LogP contribution in [0.3, 0.4) is 0 Å². The lowest BCUT2D eigenvalue weighted by Crippen LogP contribution is -2.15. The van der Waals surface area contributed by atoms with Gasteiger partial charge in [0.1, 0.15) is 5.78 Å². The van der Waals surface area contributed by atoms with E-state index in [0.717, 1.165) is 0 Å². The van der Waals surface area contributed by atoms with Gasteiger partial charge in [-0.15, -0.1) is 0 Å². The van der Waals surface area contributed by atoms with Gasteiger partial charge in [0, 0.05) is 24.3 Å². The predicted molar refractivity (Wildman–Crippen MR) is 59.9 cm³/mol. The zero-order valence-corrected chi connectivity index (χ0v) is 9.19. The van der Waals surface area contributed by atoms with Crippen molar-refractivity contribution < 1.29 is 9.59 Å². The molecule has 0 spiro atoms. The lowest BCUT2D eigenvalue weighted by molar-refractivity contribution is -0.119. The Kier molecular flexibility index (Phi) is 4.22. The molecule has 2 heteroatoms. The molecule has 0 saturated carbocycles. The van der Waals surface area contributed by atoms with Gasteiger partial charge in [0.2, 0.25) is 0 Å². The van der Waals surface area contributed by atoms with Gasteiger partial charge < -0.3 is 0 Å². The molecule has 1 unspecified atom stereocenters. The third-order valence-electron chi connectivity index (χ3n) is 2.43. The van der Waals surface area contributed by atoms with E-state index in [4.69, 9.17) is 0 Å². The van der Waals surface area contributed by atoms with Crippen molar-refractivity contribution in [1.29, 1.82) is 0 Å². The van der Waals surface area contributed by atoms with Crippen LogP contribution in [0.25, 0.3) is 0 Å². The van der Waals surface area contributed by atoms with E-state index >= 15 is 0 Å². The minimum absolute atomic E-state index is 0.0531. The molecule has 1 atom stereocenters. The van der Waals surface area contributed by atoms with Crippen LogP contribution in [-0.4, -0.2) is 11.6 Å². The van der Waals surface area contributed by atoms with Gasteiger partial charge in [-0.25, -0.2) is 0 Å². The standard InChI is InChI=1S/C13H16O2/c1-3-12(14)9-10(2)13(15)11-7-5-4-6-8-11/h4-8,10H,3,9H2,1-2H3. The molecule has 0 saturated heterocycles. The summed E-state index contributed by atoms with van der Waals surface area (Å²) in [6.45, 7) is 3.63. The number of benzene rings is 1. The van der Waals surface area contributed by atoms with Crippen LogP contribution in [0.4, 0.5) is 0 Å². The summed E-state index contributed by atoms with van der Waals surface area (Å²) in [5.74, 6) is -0.0102. The Balaban J connectivity index is 2.65. The fourth-order valence-corrected chi connectivity index (χ4v) is 1.47. The van der Waals surface area contributed by atoms with Crippen LogP contribution in [-0.2, 0) is 4.79 Å². The summed E-state index contributed by atoms with van der Waals surface area (Å²) in [7, 11) is 0. The van der Waals surface area contributed by atoms with Crippen LogP contribution in [0, 0.1) is 5.92 Å². The van der Waals surface area contributed by atoms with Crippen molar-refractivity contribution in [2.24, 2.45) is 5.92 Å². The Labute approximate surface area is 90.3 Å². The lowest BCUT2D eigenvalue weighted by Gasteiger charge is -2.08. The van der Waals surface area contributed by atoms with E-state index in [1.54, 1.807) is 12.1 Å². The van der Waals surface area contributed by atoms with E-state index in [9.17, 15) is 9.59 Å². The molecule has 0 bridgehead atoms. The van der Waals surface area contributed by atoms with E-state index in [-0.39, 0.29) is 17.5 Å². The van der Waals surface area contributed by atoms with Crippen molar-refractivity contribution in [2.75, 3.05) is 0 Å². The van der Waals surface area contributed by atoms with Crippen LogP contribution in [0.1, 0.15) is 37.0 Å². The fraction of sp³-hybridized carbons (Fsp3) is 0.385. The van der Waals surface area contributed by atoms with Crippen LogP contribution < -0.4 is 0 Å². The van der Waals surface area contributed by atoms with Gasteiger partial charge in [-0.2, -0.15) is 0 Å². The van der Waals surface area contributed by atoms with Crippen molar-refractivity contribution in [3.63, 3.8) is 0 Å². The number of hydrogen-bond donors (Lipinski definition) is 0. The molecule has 0 aromatic heterocycles. The van der Waals surface area contributed by atoms with Crippen molar-refractivity contribution in [1.82, 2.24) is 0 Å². The molecule has 15 heavy (non-hydrogen) atoms. The van der Waals surface area contributed by atoms with Gasteiger partial charge in [0.05, 0.1) is 0 Å². The predicted octanol–water partition coefficient (Wildman–Crippen LogP) is 2.87. The maximum Gasteiger partial charge on any atom is 0.166 e. The maximum atomic E-state index is 11.8. The minimum atomic E-state index is -0.208. The van der Waals surface area contributed by atoms with Gasteiger partial charge in [-0.1, -0.05) is 44.2 Å². The van der Waals surface area contributed by atoms with Crippen LogP contribution in [0.15, 0.2) is 30.3 Å². The van der Waals surface area contributed by atoms with Gasteiger partial charge >= 0.3 is 0 Å². The summed E-state index contributed by atoms with van der Waals surface area (Å²) in [6.07, 6.45) is 0.858. The monoisotopic (exact) mass is 204 g/mol. The molecule has 1 aromatic rings. The molecule has 0 aliphatic carbocycles. The number of ketones is 2. The molecule has 0 N–H and O–H groups in total. The number of rotatable bonds is 5. The zero-order valence-electron chi connectivity index (χ0n) is 9.19. The van der Waals surface area contributed by atoms with Crippen LogP contribution in [0.5, 0.6) is 0 Å². The first-order chi connectivity index (χ1) is 7.15. The lowest BCUT2D eigenvalue weighted by atomic mass is 9.94. The molecule has 1 rings (SSSR count). The minimum Gasteiger partial charge on any atom is -0.300 e. The quantitative estimate of drug-likeness (QED) is 0.691. The smallest absolute Gasteiger partial charge is 0.166 e. The van der Waals surface area contributed by atoms with E-state index in [1.165, 1.54) is 0 Å². The van der Waals surface area contributed by atoms with Crippen LogP contribution >= 0.6 is 0 Å². The summed E-state index contributed by atoms with van der Waals surface area (Å²) in [6, 6.07) is 9.12. The number of carbonyl (C=O) groups excluding carboxylic acids is 2. The molecule has 0 aliphatic rings. The van der Waals surface area contributed by atoms with E-state index in [0.29, 0.717) is 18.4 Å². The zero-order chi connectivity index (χ0) is 11.3. The summed E-state index contributed by atoms with van der Waals surface area (Å²) < 4.78 is 0. The first kappa shape index (κ1) is 11.6. The molecule has 80 valence electrons. The first-order valence-electron chi connectivity index (χ1n) is 5.26. The molecular weight excluding hydrogens is 188 g/mol. The SMILES string of the molecule is CCC(=O)CC(C)C(=O)c1ccccc1. The Morgan fingerprint density at radius 1 is 1.20 bits per heavy atom. The summed E-state index contributed by atoms with van der Waals surface area (Å²) >= 11 is 0. The van der Waals surface area contributed by atoms with Gasteiger partial charge in [-0.05, 0) is 0 Å². The van der Waals surface area contributed by atoms with Crippen molar-refractivity contribution >= 4 is 11.6 Å². The summed E-state index contributed by atoms with van der Waals surface area (Å²) in [4.78, 5) is 23.0. The summed E-state index contributed by atoms with van der Waals surface area (Å²) in [5.41, 5.74) is 0.689. The maximum absolute atomic E-state index is 11.8. The summed E-state index contributed by atoms with van der Waals surface area (Å²) in [5, 5.41) is 0. The van der Waals surface area contributed by atoms with Gasteiger partial charge in [0.15, 0.2) is 5.78 Å². The van der Waals surface area contributed by atoms with Gasteiger partial charge in [-0.3, -0.25) is 9.59 Å². The second kappa shape index (κ2) is 5.44. The number of carbonyl (C=O) groups is 2. The van der Waals surface area contributed by atoms with Crippen molar-refractivity contribution in [3.8, 4) is 0 Å². The molecule has 1 aromatic carbocycles. The molecule has 0 heterocycles. The topological polar surface area (TPSA) is 34.1 Å². The highest BCUT2D eigenvalue weighted by atomic mass is 16.1. The molecular formula is C13H16O2. The Hall–Kier alpha value is -1.44. The molecule has 0 fully saturated rings. The Morgan fingerprint density at radius 2 is 1.80 bits per heavy atom. The highest BCUT2D eigenvalue weighted by molar-refractivity contribution is 5.99. The highest BCUT2D eigenvalue weighted by Crippen LogP contribution is 2.12. The third-order valence-corrected chi connectivity index (χ3v) is 2.43. The normalized spacial score (nSPS) is 12.1. The molecule has 0 amide bonds. The van der Waals surface area contributed by atoms with E-state index in [1.807, 2.05) is 32.0 Å². The third kappa shape index (κ3) is 3.31. The Bertz CT molecular complexity index is 341. The molecule has 0 aliphatic heterocycles. The molecule has 0 radical (unpaired) electrons. The fourth-order valence-electron chi connectivity index (χ4n) is 1.47. The average Bonchev–Trinajstić information content (AvgIpc) is 2.29. The number of hydrogen-bond acceptors (Lipinski definition) is 2. The highest BCUT2D eigenvalue weighted by Gasteiger charge is 2.17. The Morgan fingerprint density at radius 3 is 2.33 bits per heavy atom. The van der Waals surface area contributed by atoms with E-state index < -0.39 is 0 Å². The van der Waals surface area contributed by atoms with Crippen LogP contribution in [0.2, 0.25) is 0 Å². The first-order valence-corrected chi connectivity index (χ1v) is 5.26. The molecule has 2 nitrogen and oxygen atoms in total. The van der Waals surface area contributed by atoms with Crippen molar-refractivity contribution in [2.45, 2.75) is 26.7 Å². The number of Topliss-reactive ketones (excluding diaryl/α,β-unsaturated/α-hetero) is 2.